The quantitative estimate of drug-likeness (QED) is 0.411. The van der Waals surface area contributed by atoms with E-state index in [2.05, 4.69) is 4.74 Å². The first kappa shape index (κ1) is 4.85. The molecule has 3 heteroatoms. The van der Waals surface area contributed by atoms with Gasteiger partial charge in [0, 0.05) is 0 Å². The number of carbonyl (C=O) groups excluding carboxylic acids is 1. The zero-order valence-corrected chi connectivity index (χ0v) is 4.05. The molecule has 1 heterocycles. The van der Waals surface area contributed by atoms with Gasteiger partial charge >= 0.3 is 5.97 Å². The molecular formula is C5H3NO2. The van der Waals surface area contributed by atoms with Crippen LogP contribution in [0.25, 0.3) is 0 Å². The number of esters is 1. The second-order valence-electron chi connectivity index (χ2n) is 1.33. The van der Waals surface area contributed by atoms with Gasteiger partial charge in [-0.25, -0.2) is 4.79 Å². The molecule has 0 N–H and O–H groups in total. The Kier molecular flexibility index (Phi) is 1.01. The first-order valence-corrected chi connectivity index (χ1v) is 2.12. The maximum absolute atomic E-state index is 10.3. The highest BCUT2D eigenvalue weighted by Crippen LogP contribution is 2.03. The van der Waals surface area contributed by atoms with Crippen molar-refractivity contribution in [2.24, 2.45) is 0 Å². The van der Waals surface area contributed by atoms with E-state index in [0.29, 0.717) is 0 Å². The van der Waals surface area contributed by atoms with Gasteiger partial charge in [-0.05, 0) is 6.08 Å². The van der Waals surface area contributed by atoms with Crippen LogP contribution >= 0.6 is 0 Å². The third kappa shape index (κ3) is 0.562. The lowest BCUT2D eigenvalue weighted by Gasteiger charge is -1.84. The van der Waals surface area contributed by atoms with E-state index < -0.39 is 5.97 Å². The van der Waals surface area contributed by atoms with Crippen molar-refractivity contribution in [1.82, 2.24) is 0 Å². The fourth-order valence-electron chi connectivity index (χ4n) is 0.453. The largest absolute Gasteiger partial charge is 0.457 e. The zero-order chi connectivity index (χ0) is 5.98. The molecule has 0 aromatic heterocycles. The van der Waals surface area contributed by atoms with Crippen molar-refractivity contribution in [3.05, 3.63) is 11.6 Å². The van der Waals surface area contributed by atoms with Gasteiger partial charge in [0.05, 0.1) is 0 Å². The van der Waals surface area contributed by atoms with Gasteiger partial charge in [0.2, 0.25) is 0 Å². The highest BCUT2D eigenvalue weighted by Gasteiger charge is 2.14. The van der Waals surface area contributed by atoms with Crippen LogP contribution in [0.15, 0.2) is 11.6 Å². The van der Waals surface area contributed by atoms with Gasteiger partial charge in [-0.2, -0.15) is 5.26 Å². The van der Waals surface area contributed by atoms with E-state index in [1.807, 2.05) is 0 Å². The molecule has 0 fully saturated rings. The van der Waals surface area contributed by atoms with Crippen LogP contribution in [0.3, 0.4) is 0 Å². The summed E-state index contributed by atoms with van der Waals surface area (Å²) in [6.07, 6.45) is 1.46. The number of ether oxygens (including phenoxy) is 1. The summed E-state index contributed by atoms with van der Waals surface area (Å²) in [5.41, 5.74) is 0.116. The molecule has 3 nitrogen and oxygen atoms in total. The molecular weight excluding hydrogens is 106 g/mol. The van der Waals surface area contributed by atoms with Crippen LogP contribution in [0.4, 0.5) is 0 Å². The number of cyclic esters (lactones) is 1. The summed E-state index contributed by atoms with van der Waals surface area (Å²) in [5.74, 6) is -0.507. The SMILES string of the molecule is N#CC1=CCOC1=O. The summed E-state index contributed by atoms with van der Waals surface area (Å²) < 4.78 is 4.40. The Morgan fingerprint density at radius 1 is 1.88 bits per heavy atom. The zero-order valence-electron chi connectivity index (χ0n) is 4.05. The molecule has 40 valence electrons. The van der Waals surface area contributed by atoms with E-state index in [4.69, 9.17) is 5.26 Å². The fraction of sp³-hybridized carbons (Fsp3) is 0.200. The molecule has 0 saturated heterocycles. The van der Waals surface area contributed by atoms with Crippen LogP contribution in [0.1, 0.15) is 0 Å². The standard InChI is InChI=1S/C5H3NO2/c6-3-4-1-2-8-5(4)7/h1H,2H2. The fourth-order valence-corrected chi connectivity index (χ4v) is 0.453. The topological polar surface area (TPSA) is 50.1 Å². The minimum absolute atomic E-state index is 0.116. The number of hydrogen-bond donors (Lipinski definition) is 0. The summed E-state index contributed by atoms with van der Waals surface area (Å²) in [7, 11) is 0. The van der Waals surface area contributed by atoms with Gasteiger partial charge in [-0.15, -0.1) is 0 Å². The molecule has 0 saturated carbocycles. The molecule has 0 aromatic carbocycles. The maximum Gasteiger partial charge on any atom is 0.348 e. The van der Waals surface area contributed by atoms with Crippen molar-refractivity contribution in [2.45, 2.75) is 0 Å². The van der Waals surface area contributed by atoms with E-state index in [1.165, 1.54) is 6.08 Å². The van der Waals surface area contributed by atoms with Crippen LogP contribution in [-0.2, 0) is 9.53 Å². The lowest BCUT2D eigenvalue weighted by atomic mass is 10.3. The predicted molar refractivity (Wildman–Crippen MR) is 24.7 cm³/mol. The molecule has 0 radical (unpaired) electrons. The molecule has 0 aliphatic carbocycles. The molecule has 0 unspecified atom stereocenters. The summed E-state index contributed by atoms with van der Waals surface area (Å²) in [6.45, 7) is 0.252. The highest BCUT2D eigenvalue weighted by atomic mass is 16.5. The molecule has 0 atom stereocenters. The van der Waals surface area contributed by atoms with Gasteiger partial charge in [0.1, 0.15) is 18.2 Å². The minimum Gasteiger partial charge on any atom is -0.457 e. The molecule has 0 bridgehead atoms. The van der Waals surface area contributed by atoms with E-state index in [9.17, 15) is 4.79 Å². The Morgan fingerprint density at radius 2 is 2.62 bits per heavy atom. The number of hydrogen-bond acceptors (Lipinski definition) is 3. The lowest BCUT2D eigenvalue weighted by Crippen LogP contribution is -1.96. The first-order chi connectivity index (χ1) is 3.84. The van der Waals surface area contributed by atoms with Crippen LogP contribution in [-0.4, -0.2) is 12.6 Å². The highest BCUT2D eigenvalue weighted by molar-refractivity contribution is 5.94. The Bertz CT molecular complexity index is 187. The van der Waals surface area contributed by atoms with Gasteiger partial charge in [-0.1, -0.05) is 0 Å². The Morgan fingerprint density at radius 3 is 2.88 bits per heavy atom. The Balaban J connectivity index is 2.81. The summed E-state index contributed by atoms with van der Waals surface area (Å²) in [5, 5.41) is 8.12. The second-order valence-corrected chi connectivity index (χ2v) is 1.33. The first-order valence-electron chi connectivity index (χ1n) is 2.12. The van der Waals surface area contributed by atoms with E-state index >= 15 is 0 Å². The normalized spacial score (nSPS) is 16.9. The van der Waals surface area contributed by atoms with Crippen molar-refractivity contribution in [2.75, 3.05) is 6.61 Å². The summed E-state index contributed by atoms with van der Waals surface area (Å²) in [6, 6.07) is 1.70. The van der Waals surface area contributed by atoms with E-state index in [0.717, 1.165) is 0 Å². The van der Waals surface area contributed by atoms with E-state index in [1.54, 1.807) is 6.07 Å². The van der Waals surface area contributed by atoms with Crippen LogP contribution in [0.2, 0.25) is 0 Å². The molecule has 1 aliphatic rings. The average molecular weight is 109 g/mol. The number of nitriles is 1. The van der Waals surface area contributed by atoms with E-state index in [-0.39, 0.29) is 12.2 Å². The molecule has 0 aromatic rings. The van der Waals surface area contributed by atoms with Crippen molar-refractivity contribution < 1.29 is 9.53 Å². The maximum atomic E-state index is 10.3. The Labute approximate surface area is 46.2 Å². The second kappa shape index (κ2) is 1.66. The third-order valence-corrected chi connectivity index (χ3v) is 0.842. The minimum atomic E-state index is -0.507. The van der Waals surface area contributed by atoms with Gasteiger partial charge < -0.3 is 4.74 Å². The average Bonchev–Trinajstić information content (AvgIpc) is 2.14. The van der Waals surface area contributed by atoms with Gasteiger partial charge in [0.15, 0.2) is 0 Å². The number of carbonyl (C=O) groups is 1. The lowest BCUT2D eigenvalue weighted by molar-refractivity contribution is -0.135. The Hall–Kier alpha value is -1.30. The number of rotatable bonds is 0. The van der Waals surface area contributed by atoms with Gasteiger partial charge in [-0.3, -0.25) is 0 Å². The van der Waals surface area contributed by atoms with Crippen LogP contribution < -0.4 is 0 Å². The van der Waals surface area contributed by atoms with Crippen LogP contribution in [0, 0.1) is 11.3 Å². The predicted octanol–water partition coefficient (Wildman–Crippen LogP) is -0.00682. The number of nitrogens with zero attached hydrogens (tertiary/aromatic N) is 1. The smallest absolute Gasteiger partial charge is 0.348 e. The molecule has 1 aliphatic heterocycles. The van der Waals surface area contributed by atoms with Crippen molar-refractivity contribution in [3.63, 3.8) is 0 Å². The summed E-state index contributed by atoms with van der Waals surface area (Å²) in [4.78, 5) is 10.3. The summed E-state index contributed by atoms with van der Waals surface area (Å²) >= 11 is 0. The molecule has 8 heavy (non-hydrogen) atoms. The van der Waals surface area contributed by atoms with Crippen molar-refractivity contribution in [3.8, 4) is 6.07 Å². The molecule has 1 rings (SSSR count). The monoisotopic (exact) mass is 109 g/mol. The van der Waals surface area contributed by atoms with Crippen LogP contribution in [0.5, 0.6) is 0 Å². The molecule has 0 spiro atoms. The molecule has 0 amide bonds. The van der Waals surface area contributed by atoms with Crippen molar-refractivity contribution >= 4 is 5.97 Å². The third-order valence-electron chi connectivity index (χ3n) is 0.842. The van der Waals surface area contributed by atoms with Crippen molar-refractivity contribution in [1.29, 1.82) is 5.26 Å². The van der Waals surface area contributed by atoms with Gasteiger partial charge in [0.25, 0.3) is 0 Å².